The van der Waals surface area contributed by atoms with Crippen molar-refractivity contribution in [2.45, 2.75) is 47.0 Å². The van der Waals surface area contributed by atoms with Crippen molar-refractivity contribution in [3.63, 3.8) is 0 Å². The largest absolute Gasteiger partial charge is 0.462 e. The normalized spacial score (nSPS) is 24.6. The second-order valence-corrected chi connectivity index (χ2v) is 5.13. The Hall–Kier alpha value is -0.610. The van der Waals surface area contributed by atoms with Crippen LogP contribution in [0.15, 0.2) is 0 Å². The van der Waals surface area contributed by atoms with E-state index in [0.717, 1.165) is 13.1 Å². The zero-order chi connectivity index (χ0) is 12.3. The fourth-order valence-corrected chi connectivity index (χ4v) is 1.53. The van der Waals surface area contributed by atoms with E-state index in [0.29, 0.717) is 6.61 Å². The second-order valence-electron chi connectivity index (χ2n) is 5.13. The lowest BCUT2D eigenvalue weighted by molar-refractivity contribution is -0.153. The van der Waals surface area contributed by atoms with Crippen molar-refractivity contribution in [1.29, 1.82) is 0 Å². The Bertz CT molecular complexity index is 243. The molecule has 0 saturated carbocycles. The van der Waals surface area contributed by atoms with E-state index in [4.69, 9.17) is 9.47 Å². The zero-order valence-corrected chi connectivity index (χ0v) is 10.9. The Labute approximate surface area is 97.9 Å². The van der Waals surface area contributed by atoms with E-state index in [-0.39, 0.29) is 18.3 Å². The van der Waals surface area contributed by atoms with Crippen LogP contribution in [0.2, 0.25) is 0 Å². The van der Waals surface area contributed by atoms with Gasteiger partial charge in [-0.3, -0.25) is 9.69 Å². The molecule has 0 aromatic carbocycles. The molecule has 1 fully saturated rings. The molecule has 0 aromatic rings. The van der Waals surface area contributed by atoms with Crippen LogP contribution in [0.5, 0.6) is 0 Å². The number of epoxide rings is 1. The van der Waals surface area contributed by atoms with E-state index >= 15 is 0 Å². The summed E-state index contributed by atoms with van der Waals surface area (Å²) in [6.45, 7) is 12.1. The number of carbonyl (C=O) groups excluding carboxylic acids is 1. The average Bonchev–Trinajstić information content (AvgIpc) is 2.94. The minimum Gasteiger partial charge on any atom is -0.462 e. The fourth-order valence-electron chi connectivity index (χ4n) is 1.53. The molecular weight excluding hydrogens is 206 g/mol. The Morgan fingerprint density at radius 3 is 2.31 bits per heavy atom. The molecule has 2 unspecified atom stereocenters. The minimum atomic E-state index is -0.431. The number of likely N-dealkylation sites (N-methyl/N-ethyl adjacent to an activating group) is 1. The van der Waals surface area contributed by atoms with Gasteiger partial charge in [0.1, 0.15) is 18.9 Å². The monoisotopic (exact) mass is 229 g/mol. The molecule has 94 valence electrons. The molecule has 1 aliphatic heterocycles. The number of hydrogen-bond acceptors (Lipinski definition) is 4. The molecule has 2 atom stereocenters. The van der Waals surface area contributed by atoms with Gasteiger partial charge in [0, 0.05) is 0 Å². The molecule has 4 nitrogen and oxygen atoms in total. The van der Waals surface area contributed by atoms with E-state index in [2.05, 4.69) is 18.7 Å². The molecule has 1 heterocycles. The number of esters is 1. The summed E-state index contributed by atoms with van der Waals surface area (Å²) in [4.78, 5) is 13.7. The van der Waals surface area contributed by atoms with Gasteiger partial charge in [0.15, 0.2) is 0 Å². The average molecular weight is 229 g/mol. The first kappa shape index (κ1) is 13.5. The Morgan fingerprint density at radius 1 is 1.31 bits per heavy atom. The first-order valence-corrected chi connectivity index (χ1v) is 5.96. The lowest BCUT2D eigenvalue weighted by atomic mass is 9.97. The summed E-state index contributed by atoms with van der Waals surface area (Å²) >= 11 is 0. The highest BCUT2D eigenvalue weighted by atomic mass is 16.6. The summed E-state index contributed by atoms with van der Waals surface area (Å²) in [5.74, 6) is -0.165. The fraction of sp³-hybridized carbons (Fsp3) is 0.917. The molecule has 1 saturated heterocycles. The quantitative estimate of drug-likeness (QED) is 0.531. The van der Waals surface area contributed by atoms with Crippen LogP contribution in [-0.4, -0.2) is 42.9 Å². The van der Waals surface area contributed by atoms with Crippen LogP contribution in [0.1, 0.15) is 34.6 Å². The summed E-state index contributed by atoms with van der Waals surface area (Å²) in [5.41, 5.74) is -0.431. The maximum absolute atomic E-state index is 11.5. The van der Waals surface area contributed by atoms with Gasteiger partial charge >= 0.3 is 5.97 Å². The standard InChI is InChI=1S/C12H23NO3/c1-6-13(7-2)10-9(16-10)8-15-11(14)12(3,4)5/h9-10H,6-8H2,1-5H3. The van der Waals surface area contributed by atoms with Gasteiger partial charge in [-0.2, -0.15) is 0 Å². The van der Waals surface area contributed by atoms with Gasteiger partial charge in [0.05, 0.1) is 5.41 Å². The summed E-state index contributed by atoms with van der Waals surface area (Å²) in [6, 6.07) is 0. The van der Waals surface area contributed by atoms with E-state index in [1.54, 1.807) is 0 Å². The summed E-state index contributed by atoms with van der Waals surface area (Å²) in [6.07, 6.45) is 0.203. The van der Waals surface area contributed by atoms with Gasteiger partial charge in [-0.05, 0) is 33.9 Å². The summed E-state index contributed by atoms with van der Waals surface area (Å²) < 4.78 is 10.7. The molecule has 0 aromatic heterocycles. The van der Waals surface area contributed by atoms with E-state index in [1.807, 2.05) is 20.8 Å². The van der Waals surface area contributed by atoms with Gasteiger partial charge in [0.2, 0.25) is 0 Å². The van der Waals surface area contributed by atoms with E-state index in [1.165, 1.54) is 0 Å². The first-order valence-electron chi connectivity index (χ1n) is 5.96. The van der Waals surface area contributed by atoms with Crippen LogP contribution in [-0.2, 0) is 14.3 Å². The number of carbonyl (C=O) groups is 1. The maximum Gasteiger partial charge on any atom is 0.311 e. The third kappa shape index (κ3) is 3.46. The molecule has 16 heavy (non-hydrogen) atoms. The topological polar surface area (TPSA) is 42.1 Å². The number of hydrogen-bond donors (Lipinski definition) is 0. The van der Waals surface area contributed by atoms with Crippen molar-refractivity contribution in [3.05, 3.63) is 0 Å². The molecule has 0 N–H and O–H groups in total. The molecule has 1 aliphatic rings. The number of nitrogens with zero attached hydrogens (tertiary/aromatic N) is 1. The van der Waals surface area contributed by atoms with Crippen molar-refractivity contribution in [2.24, 2.45) is 5.41 Å². The molecule has 0 radical (unpaired) electrons. The predicted molar refractivity (Wildman–Crippen MR) is 62.0 cm³/mol. The van der Waals surface area contributed by atoms with Gasteiger partial charge in [0.25, 0.3) is 0 Å². The summed E-state index contributed by atoms with van der Waals surface area (Å²) in [7, 11) is 0. The minimum absolute atomic E-state index is 0.0613. The van der Waals surface area contributed by atoms with Crippen molar-refractivity contribution in [2.75, 3.05) is 19.7 Å². The van der Waals surface area contributed by atoms with Crippen molar-refractivity contribution in [1.82, 2.24) is 4.90 Å². The number of rotatable bonds is 5. The van der Waals surface area contributed by atoms with Gasteiger partial charge < -0.3 is 9.47 Å². The number of ether oxygens (including phenoxy) is 2. The van der Waals surface area contributed by atoms with Crippen LogP contribution in [0.4, 0.5) is 0 Å². The smallest absolute Gasteiger partial charge is 0.311 e. The Morgan fingerprint density at radius 2 is 1.88 bits per heavy atom. The maximum atomic E-state index is 11.5. The second kappa shape index (κ2) is 5.15. The van der Waals surface area contributed by atoms with E-state index < -0.39 is 5.41 Å². The highest BCUT2D eigenvalue weighted by Gasteiger charge is 2.43. The lowest BCUT2D eigenvalue weighted by Gasteiger charge is -2.17. The third-order valence-electron chi connectivity index (χ3n) is 2.72. The van der Waals surface area contributed by atoms with Crippen LogP contribution in [0.25, 0.3) is 0 Å². The lowest BCUT2D eigenvalue weighted by Crippen LogP contribution is -2.30. The molecule has 4 heteroatoms. The van der Waals surface area contributed by atoms with Crippen LogP contribution >= 0.6 is 0 Å². The van der Waals surface area contributed by atoms with E-state index in [9.17, 15) is 4.79 Å². The molecule has 1 rings (SSSR count). The predicted octanol–water partition coefficient (Wildman–Crippen LogP) is 1.64. The molecular formula is C12H23NO3. The van der Waals surface area contributed by atoms with Gasteiger partial charge in [-0.1, -0.05) is 13.8 Å². The molecule has 0 bridgehead atoms. The Balaban J connectivity index is 2.25. The SMILES string of the molecule is CCN(CC)C1OC1COC(=O)C(C)(C)C. The summed E-state index contributed by atoms with van der Waals surface area (Å²) in [5, 5.41) is 0. The van der Waals surface area contributed by atoms with Gasteiger partial charge in [-0.25, -0.2) is 0 Å². The molecule has 0 aliphatic carbocycles. The van der Waals surface area contributed by atoms with Crippen LogP contribution in [0, 0.1) is 5.41 Å². The Kier molecular flexibility index (Phi) is 4.33. The highest BCUT2D eigenvalue weighted by Crippen LogP contribution is 2.26. The van der Waals surface area contributed by atoms with Crippen LogP contribution < -0.4 is 0 Å². The van der Waals surface area contributed by atoms with Crippen molar-refractivity contribution < 1.29 is 14.3 Å². The first-order chi connectivity index (χ1) is 7.40. The highest BCUT2D eigenvalue weighted by molar-refractivity contribution is 5.75. The van der Waals surface area contributed by atoms with Crippen molar-refractivity contribution >= 4 is 5.97 Å². The van der Waals surface area contributed by atoms with Crippen LogP contribution in [0.3, 0.4) is 0 Å². The van der Waals surface area contributed by atoms with Crippen molar-refractivity contribution in [3.8, 4) is 0 Å². The third-order valence-corrected chi connectivity index (χ3v) is 2.72. The molecule has 0 spiro atoms. The zero-order valence-electron chi connectivity index (χ0n) is 10.9. The van der Waals surface area contributed by atoms with Gasteiger partial charge in [-0.15, -0.1) is 0 Å². The molecule has 0 amide bonds.